The highest BCUT2D eigenvalue weighted by molar-refractivity contribution is 5.93. The number of aromatic nitrogens is 1. The molecular formula is C16H24N2O2. The number of nitrogens with one attached hydrogen (secondary N) is 2. The Morgan fingerprint density at radius 1 is 1.40 bits per heavy atom. The summed E-state index contributed by atoms with van der Waals surface area (Å²) in [4.78, 5) is 26.5. The quantitative estimate of drug-likeness (QED) is 0.868. The Labute approximate surface area is 120 Å². The Kier molecular flexibility index (Phi) is 4.63. The molecule has 110 valence electrons. The first-order valence-corrected chi connectivity index (χ1v) is 7.48. The summed E-state index contributed by atoms with van der Waals surface area (Å²) < 4.78 is 0. The number of carbonyl (C=O) groups is 1. The van der Waals surface area contributed by atoms with Crippen molar-refractivity contribution >= 4 is 5.91 Å². The van der Waals surface area contributed by atoms with E-state index in [-0.39, 0.29) is 22.3 Å². The SMILES string of the molecule is CC(C)CC1(CNC(=O)c2c[nH]ccc2=O)CCCC1. The molecule has 1 fully saturated rings. The standard InChI is InChI=1S/C16H24N2O2/c1-12(2)9-16(6-3-4-7-16)11-18-15(20)13-10-17-8-5-14(13)19/h5,8,10,12H,3-4,6-7,9,11H2,1-2H3,(H,17,19)(H,18,20). The van der Waals surface area contributed by atoms with Gasteiger partial charge in [0.1, 0.15) is 5.56 Å². The minimum atomic E-state index is -0.262. The van der Waals surface area contributed by atoms with E-state index in [1.54, 1.807) is 0 Å². The molecule has 1 aliphatic carbocycles. The van der Waals surface area contributed by atoms with Crippen LogP contribution < -0.4 is 10.7 Å². The molecule has 0 aromatic carbocycles. The lowest BCUT2D eigenvalue weighted by Gasteiger charge is -2.31. The molecule has 2 rings (SSSR count). The molecule has 1 aromatic heterocycles. The average Bonchev–Trinajstić information content (AvgIpc) is 2.84. The number of aromatic amines is 1. The first-order chi connectivity index (χ1) is 9.52. The van der Waals surface area contributed by atoms with Gasteiger partial charge in [-0.1, -0.05) is 26.7 Å². The number of rotatable bonds is 5. The molecule has 4 nitrogen and oxygen atoms in total. The van der Waals surface area contributed by atoms with Crippen molar-refractivity contribution in [2.24, 2.45) is 11.3 Å². The first kappa shape index (κ1) is 14.8. The van der Waals surface area contributed by atoms with Gasteiger partial charge in [0.2, 0.25) is 0 Å². The summed E-state index contributed by atoms with van der Waals surface area (Å²) in [5.74, 6) is 0.368. The molecule has 1 amide bonds. The maximum atomic E-state index is 12.1. The molecule has 0 saturated heterocycles. The van der Waals surface area contributed by atoms with E-state index in [0.29, 0.717) is 12.5 Å². The van der Waals surface area contributed by atoms with Crippen molar-refractivity contribution in [2.45, 2.75) is 46.0 Å². The third-order valence-electron chi connectivity index (χ3n) is 4.20. The van der Waals surface area contributed by atoms with Crippen molar-refractivity contribution in [3.05, 3.63) is 34.2 Å². The maximum absolute atomic E-state index is 12.1. The van der Waals surface area contributed by atoms with E-state index in [2.05, 4.69) is 24.1 Å². The highest BCUT2D eigenvalue weighted by Gasteiger charge is 2.34. The fraction of sp³-hybridized carbons (Fsp3) is 0.625. The van der Waals surface area contributed by atoms with Crippen LogP contribution in [0.1, 0.15) is 56.3 Å². The van der Waals surface area contributed by atoms with Crippen LogP contribution in [0.5, 0.6) is 0 Å². The second-order valence-corrected chi connectivity index (χ2v) is 6.41. The van der Waals surface area contributed by atoms with Gasteiger partial charge in [0, 0.05) is 25.0 Å². The van der Waals surface area contributed by atoms with Crippen LogP contribution in [0.3, 0.4) is 0 Å². The van der Waals surface area contributed by atoms with Crippen LogP contribution in [0.2, 0.25) is 0 Å². The first-order valence-electron chi connectivity index (χ1n) is 7.48. The molecule has 0 spiro atoms. The summed E-state index contributed by atoms with van der Waals surface area (Å²) >= 11 is 0. The number of amides is 1. The number of hydrogen-bond donors (Lipinski definition) is 2. The summed E-state index contributed by atoms with van der Waals surface area (Å²) in [6.07, 6.45) is 8.99. The average molecular weight is 276 g/mol. The summed E-state index contributed by atoms with van der Waals surface area (Å²) in [5, 5.41) is 2.97. The number of carbonyl (C=O) groups excluding carboxylic acids is 1. The lowest BCUT2D eigenvalue weighted by atomic mass is 9.78. The minimum absolute atomic E-state index is 0.199. The van der Waals surface area contributed by atoms with Crippen LogP contribution in [0, 0.1) is 11.3 Å². The fourth-order valence-electron chi connectivity index (χ4n) is 3.40. The predicted molar refractivity (Wildman–Crippen MR) is 79.8 cm³/mol. The van der Waals surface area contributed by atoms with Crippen molar-refractivity contribution in [3.8, 4) is 0 Å². The van der Waals surface area contributed by atoms with Crippen molar-refractivity contribution in [1.82, 2.24) is 10.3 Å². The number of pyridine rings is 1. The van der Waals surface area contributed by atoms with E-state index >= 15 is 0 Å². The van der Waals surface area contributed by atoms with Gasteiger partial charge in [0.05, 0.1) is 0 Å². The highest BCUT2D eigenvalue weighted by atomic mass is 16.2. The van der Waals surface area contributed by atoms with E-state index in [9.17, 15) is 9.59 Å². The summed E-state index contributed by atoms with van der Waals surface area (Å²) in [7, 11) is 0. The minimum Gasteiger partial charge on any atom is -0.367 e. The maximum Gasteiger partial charge on any atom is 0.256 e. The van der Waals surface area contributed by atoms with Gasteiger partial charge in [-0.3, -0.25) is 9.59 Å². The Hall–Kier alpha value is -1.58. The van der Waals surface area contributed by atoms with Crippen molar-refractivity contribution < 1.29 is 4.79 Å². The lowest BCUT2D eigenvalue weighted by Crippen LogP contribution is -2.38. The zero-order valence-electron chi connectivity index (χ0n) is 12.4. The molecular weight excluding hydrogens is 252 g/mol. The van der Waals surface area contributed by atoms with E-state index < -0.39 is 0 Å². The van der Waals surface area contributed by atoms with E-state index in [4.69, 9.17) is 0 Å². The van der Waals surface area contributed by atoms with Crippen molar-refractivity contribution in [3.63, 3.8) is 0 Å². The third kappa shape index (κ3) is 3.50. The molecule has 1 heterocycles. The van der Waals surface area contributed by atoms with Crippen LogP contribution in [-0.2, 0) is 0 Å². The van der Waals surface area contributed by atoms with Gasteiger partial charge in [0.15, 0.2) is 5.43 Å². The van der Waals surface area contributed by atoms with E-state index in [1.165, 1.54) is 44.1 Å². The molecule has 0 atom stereocenters. The second kappa shape index (κ2) is 6.25. The van der Waals surface area contributed by atoms with E-state index in [1.807, 2.05) is 0 Å². The molecule has 1 aliphatic rings. The lowest BCUT2D eigenvalue weighted by molar-refractivity contribution is 0.0920. The van der Waals surface area contributed by atoms with Crippen LogP contribution in [0.4, 0.5) is 0 Å². The third-order valence-corrected chi connectivity index (χ3v) is 4.20. The highest BCUT2D eigenvalue weighted by Crippen LogP contribution is 2.42. The van der Waals surface area contributed by atoms with Crippen LogP contribution in [-0.4, -0.2) is 17.4 Å². The Bertz CT molecular complexity index is 513. The van der Waals surface area contributed by atoms with Gasteiger partial charge >= 0.3 is 0 Å². The van der Waals surface area contributed by atoms with Gasteiger partial charge in [0.25, 0.3) is 5.91 Å². The molecule has 4 heteroatoms. The number of H-pyrrole nitrogens is 1. The van der Waals surface area contributed by atoms with Crippen molar-refractivity contribution in [2.75, 3.05) is 6.54 Å². The molecule has 1 saturated carbocycles. The zero-order valence-corrected chi connectivity index (χ0v) is 12.4. The molecule has 0 unspecified atom stereocenters. The van der Waals surface area contributed by atoms with Gasteiger partial charge in [-0.25, -0.2) is 0 Å². The largest absolute Gasteiger partial charge is 0.367 e. The molecule has 1 aromatic rings. The van der Waals surface area contributed by atoms with Crippen LogP contribution >= 0.6 is 0 Å². The Morgan fingerprint density at radius 3 is 2.70 bits per heavy atom. The smallest absolute Gasteiger partial charge is 0.256 e. The monoisotopic (exact) mass is 276 g/mol. The molecule has 0 aliphatic heterocycles. The Morgan fingerprint density at radius 2 is 2.10 bits per heavy atom. The molecule has 2 N–H and O–H groups in total. The van der Waals surface area contributed by atoms with Gasteiger partial charge in [-0.05, 0) is 30.6 Å². The second-order valence-electron chi connectivity index (χ2n) is 6.41. The normalized spacial score (nSPS) is 17.4. The summed E-state index contributed by atoms with van der Waals surface area (Å²) in [6, 6.07) is 1.38. The fourth-order valence-corrected chi connectivity index (χ4v) is 3.40. The van der Waals surface area contributed by atoms with Crippen molar-refractivity contribution in [1.29, 1.82) is 0 Å². The summed E-state index contributed by atoms with van der Waals surface area (Å²) in [6.45, 7) is 5.13. The van der Waals surface area contributed by atoms with Gasteiger partial charge in [-0.2, -0.15) is 0 Å². The molecule has 0 radical (unpaired) electrons. The Balaban J connectivity index is 2.01. The number of hydrogen-bond acceptors (Lipinski definition) is 2. The van der Waals surface area contributed by atoms with Crippen LogP contribution in [0.15, 0.2) is 23.3 Å². The topological polar surface area (TPSA) is 62.0 Å². The summed E-state index contributed by atoms with van der Waals surface area (Å²) in [5.41, 5.74) is 0.196. The van der Waals surface area contributed by atoms with Crippen LogP contribution in [0.25, 0.3) is 0 Å². The molecule has 0 bridgehead atoms. The predicted octanol–water partition coefficient (Wildman–Crippen LogP) is 2.71. The zero-order chi connectivity index (χ0) is 14.6. The van der Waals surface area contributed by atoms with E-state index in [0.717, 1.165) is 6.42 Å². The molecule has 20 heavy (non-hydrogen) atoms. The van der Waals surface area contributed by atoms with Gasteiger partial charge < -0.3 is 10.3 Å². The van der Waals surface area contributed by atoms with Gasteiger partial charge in [-0.15, -0.1) is 0 Å².